The minimum Gasteiger partial charge on any atom is -0.493 e. The second-order valence-corrected chi connectivity index (χ2v) is 9.97. The second-order valence-electron chi connectivity index (χ2n) is 9.97. The Kier molecular flexibility index (Phi) is 5.93. The van der Waals surface area contributed by atoms with Crippen molar-refractivity contribution in [2.75, 3.05) is 25.1 Å². The second kappa shape index (κ2) is 8.91. The van der Waals surface area contributed by atoms with Crippen molar-refractivity contribution in [3.8, 4) is 17.0 Å². The van der Waals surface area contributed by atoms with E-state index in [9.17, 15) is 0 Å². The molecule has 34 heavy (non-hydrogen) atoms. The van der Waals surface area contributed by atoms with Crippen molar-refractivity contribution >= 4 is 22.4 Å². The zero-order valence-corrected chi connectivity index (χ0v) is 21.0. The van der Waals surface area contributed by atoms with Crippen LogP contribution >= 0.6 is 0 Å². The van der Waals surface area contributed by atoms with Gasteiger partial charge in [0.1, 0.15) is 12.1 Å². The van der Waals surface area contributed by atoms with E-state index in [1.807, 2.05) is 18.5 Å². The number of nitrogens with zero attached hydrogens (tertiary/aromatic N) is 5. The summed E-state index contributed by atoms with van der Waals surface area (Å²) in [5.74, 6) is 2.14. The van der Waals surface area contributed by atoms with E-state index < -0.39 is 0 Å². The molecule has 0 bridgehead atoms. The number of aromatic amines is 1. The highest BCUT2D eigenvalue weighted by atomic mass is 16.5. The standard InChI is InChI=1S/C26H35N7O/c1-15(2)22-23-17(5)25(32-9-7-19(8-10-32)30-16(3)4)27-12-20(23)31-24(22)18-11-21(34-6)26-28-14-29-33(26)13-18/h11-16,19,30-31H,7-10H2,1-6H3. The number of aromatic nitrogens is 5. The molecule has 4 aromatic heterocycles. The Bertz CT molecular complexity index is 1310. The zero-order valence-electron chi connectivity index (χ0n) is 21.0. The molecule has 2 N–H and O–H groups in total. The van der Waals surface area contributed by atoms with Crippen molar-refractivity contribution in [2.45, 2.75) is 65.5 Å². The summed E-state index contributed by atoms with van der Waals surface area (Å²) in [4.78, 5) is 15.4. The maximum absolute atomic E-state index is 5.62. The molecule has 1 fully saturated rings. The minimum atomic E-state index is 0.330. The van der Waals surface area contributed by atoms with Gasteiger partial charge in [0, 0.05) is 47.9 Å². The number of rotatable bonds is 6. The zero-order chi connectivity index (χ0) is 24.0. The van der Waals surface area contributed by atoms with Crippen LogP contribution in [0.5, 0.6) is 5.75 Å². The summed E-state index contributed by atoms with van der Waals surface area (Å²) in [6.07, 6.45) is 7.85. The van der Waals surface area contributed by atoms with E-state index in [0.717, 1.165) is 48.5 Å². The van der Waals surface area contributed by atoms with Gasteiger partial charge in [-0.05, 0) is 37.3 Å². The van der Waals surface area contributed by atoms with Gasteiger partial charge in [-0.2, -0.15) is 5.10 Å². The largest absolute Gasteiger partial charge is 0.493 e. The van der Waals surface area contributed by atoms with Crippen molar-refractivity contribution in [3.05, 3.63) is 35.9 Å². The van der Waals surface area contributed by atoms with E-state index in [4.69, 9.17) is 9.72 Å². The number of hydrogen-bond acceptors (Lipinski definition) is 6. The van der Waals surface area contributed by atoms with E-state index >= 15 is 0 Å². The van der Waals surface area contributed by atoms with Gasteiger partial charge in [0.15, 0.2) is 11.4 Å². The number of methoxy groups -OCH3 is 1. The highest BCUT2D eigenvalue weighted by Gasteiger charge is 2.25. The summed E-state index contributed by atoms with van der Waals surface area (Å²) >= 11 is 0. The Morgan fingerprint density at radius 2 is 1.91 bits per heavy atom. The Labute approximate surface area is 200 Å². The van der Waals surface area contributed by atoms with Crippen molar-refractivity contribution in [1.82, 2.24) is 29.9 Å². The molecule has 0 unspecified atom stereocenters. The Balaban J connectivity index is 1.57. The monoisotopic (exact) mass is 461 g/mol. The number of pyridine rings is 2. The van der Waals surface area contributed by atoms with Gasteiger partial charge in [-0.15, -0.1) is 0 Å². The molecule has 5 heterocycles. The van der Waals surface area contributed by atoms with Crippen LogP contribution in [-0.4, -0.2) is 56.8 Å². The van der Waals surface area contributed by atoms with E-state index in [-0.39, 0.29) is 0 Å². The van der Waals surface area contributed by atoms with Crippen LogP contribution in [0.4, 0.5) is 5.82 Å². The molecule has 8 heteroatoms. The molecule has 0 saturated carbocycles. The molecular formula is C26H35N7O. The maximum Gasteiger partial charge on any atom is 0.197 e. The van der Waals surface area contributed by atoms with Gasteiger partial charge in [-0.3, -0.25) is 0 Å². The lowest BCUT2D eigenvalue weighted by Crippen LogP contribution is -2.45. The first kappa shape index (κ1) is 22.7. The Morgan fingerprint density at radius 3 is 2.59 bits per heavy atom. The van der Waals surface area contributed by atoms with Crippen LogP contribution in [-0.2, 0) is 0 Å². The molecule has 0 spiro atoms. The van der Waals surface area contributed by atoms with Crippen LogP contribution in [0.3, 0.4) is 0 Å². The van der Waals surface area contributed by atoms with Gasteiger partial charge < -0.3 is 19.9 Å². The fourth-order valence-electron chi connectivity index (χ4n) is 5.41. The topological polar surface area (TPSA) is 83.4 Å². The van der Waals surface area contributed by atoms with Crippen LogP contribution in [0.15, 0.2) is 24.8 Å². The number of nitrogens with one attached hydrogen (secondary N) is 2. The molecule has 1 saturated heterocycles. The number of piperidine rings is 1. The third-order valence-corrected chi connectivity index (χ3v) is 6.88. The highest BCUT2D eigenvalue weighted by Crippen LogP contribution is 2.40. The summed E-state index contributed by atoms with van der Waals surface area (Å²) in [5, 5.41) is 9.31. The summed E-state index contributed by atoms with van der Waals surface area (Å²) in [5.41, 5.74) is 6.43. The van der Waals surface area contributed by atoms with E-state index in [0.29, 0.717) is 29.4 Å². The molecule has 0 aliphatic carbocycles. The quantitative estimate of drug-likeness (QED) is 0.434. The number of fused-ring (bicyclic) bond motifs is 2. The van der Waals surface area contributed by atoms with Crippen LogP contribution in [0.2, 0.25) is 0 Å². The van der Waals surface area contributed by atoms with Crippen molar-refractivity contribution < 1.29 is 4.74 Å². The van der Waals surface area contributed by atoms with Crippen LogP contribution in [0, 0.1) is 6.92 Å². The first-order valence-corrected chi connectivity index (χ1v) is 12.3. The van der Waals surface area contributed by atoms with Gasteiger partial charge in [0.25, 0.3) is 0 Å². The van der Waals surface area contributed by atoms with Gasteiger partial charge in [-0.1, -0.05) is 27.7 Å². The first-order valence-electron chi connectivity index (χ1n) is 12.3. The lowest BCUT2D eigenvalue weighted by Gasteiger charge is -2.35. The SMILES string of the molecule is COc1cc(-c2[nH]c3cnc(N4CCC(NC(C)C)CC4)c(C)c3c2C(C)C)cn2ncnc12. The van der Waals surface area contributed by atoms with E-state index in [1.165, 1.54) is 16.5 Å². The van der Waals surface area contributed by atoms with E-state index in [2.05, 4.69) is 59.9 Å². The Morgan fingerprint density at radius 1 is 1.15 bits per heavy atom. The smallest absolute Gasteiger partial charge is 0.197 e. The van der Waals surface area contributed by atoms with Crippen LogP contribution in [0.1, 0.15) is 57.6 Å². The summed E-state index contributed by atoms with van der Waals surface area (Å²) in [7, 11) is 1.67. The number of ether oxygens (including phenoxy) is 1. The van der Waals surface area contributed by atoms with Gasteiger partial charge in [0.2, 0.25) is 0 Å². The predicted octanol–water partition coefficient (Wildman–Crippen LogP) is 4.68. The van der Waals surface area contributed by atoms with Crippen molar-refractivity contribution in [1.29, 1.82) is 0 Å². The lowest BCUT2D eigenvalue weighted by molar-refractivity contribution is 0.386. The number of H-pyrrole nitrogens is 1. The molecule has 4 aromatic rings. The third-order valence-electron chi connectivity index (χ3n) is 6.88. The Hall–Kier alpha value is -3.13. The molecule has 0 aromatic carbocycles. The van der Waals surface area contributed by atoms with Gasteiger partial charge in [0.05, 0.1) is 24.5 Å². The normalized spacial score (nSPS) is 15.4. The summed E-state index contributed by atoms with van der Waals surface area (Å²) in [6, 6.07) is 3.15. The van der Waals surface area contributed by atoms with Gasteiger partial charge in [-0.25, -0.2) is 14.5 Å². The van der Waals surface area contributed by atoms with Crippen LogP contribution < -0.4 is 15.0 Å². The highest BCUT2D eigenvalue weighted by molar-refractivity contribution is 5.95. The van der Waals surface area contributed by atoms with Crippen LogP contribution in [0.25, 0.3) is 27.8 Å². The number of hydrogen-bond donors (Lipinski definition) is 2. The maximum atomic E-state index is 5.62. The fraction of sp³-hybridized carbons (Fsp3) is 0.500. The summed E-state index contributed by atoms with van der Waals surface area (Å²) in [6.45, 7) is 13.2. The molecule has 5 rings (SSSR count). The molecule has 1 aliphatic heterocycles. The average molecular weight is 462 g/mol. The molecular weight excluding hydrogens is 426 g/mol. The molecule has 0 atom stereocenters. The van der Waals surface area contributed by atoms with Crippen molar-refractivity contribution in [3.63, 3.8) is 0 Å². The third kappa shape index (κ3) is 3.90. The lowest BCUT2D eigenvalue weighted by atomic mass is 9.94. The average Bonchev–Trinajstić information content (AvgIpc) is 3.44. The molecule has 1 aliphatic rings. The predicted molar refractivity (Wildman–Crippen MR) is 137 cm³/mol. The van der Waals surface area contributed by atoms with Gasteiger partial charge >= 0.3 is 0 Å². The number of anilines is 1. The molecule has 180 valence electrons. The minimum absolute atomic E-state index is 0.330. The first-order chi connectivity index (χ1) is 16.4. The van der Waals surface area contributed by atoms with Crippen molar-refractivity contribution in [2.24, 2.45) is 0 Å². The fourth-order valence-corrected chi connectivity index (χ4v) is 5.41. The number of aryl methyl sites for hydroxylation is 1. The molecule has 8 nitrogen and oxygen atoms in total. The van der Waals surface area contributed by atoms with E-state index in [1.54, 1.807) is 18.0 Å². The molecule has 0 radical (unpaired) electrons. The molecule has 0 amide bonds. The summed E-state index contributed by atoms with van der Waals surface area (Å²) < 4.78 is 7.39.